The number of sulfonamides is 1. The van der Waals surface area contributed by atoms with Crippen molar-refractivity contribution in [3.05, 3.63) is 130 Å². The standard InChI is InChI=1S/C34H35Cl2N3O4S/c1-3-25(2)37-34(41)32(21-26-13-7-4-8-14-26)38(23-27-15-9-5-10-16-27)33(40)24-39(31-20-19-28(35)22-30(31)36)44(42,43)29-17-11-6-12-18-29/h4-20,22,25,32H,3,21,23-24H2,1-2H3,(H,37,41)/t25-,32-/m1/s1. The highest BCUT2D eigenvalue weighted by Gasteiger charge is 2.35. The SMILES string of the molecule is CC[C@@H](C)NC(=O)[C@@H](Cc1ccccc1)N(Cc1ccccc1)C(=O)CN(c1ccc(Cl)cc1Cl)S(=O)(=O)c1ccccc1. The first kappa shape index (κ1) is 33.1. The highest BCUT2D eigenvalue weighted by Crippen LogP contribution is 2.33. The molecular formula is C34H35Cl2N3O4S. The summed E-state index contributed by atoms with van der Waals surface area (Å²) in [7, 11) is -4.26. The number of carbonyl (C=O) groups is 2. The summed E-state index contributed by atoms with van der Waals surface area (Å²) in [4.78, 5) is 29.7. The molecular weight excluding hydrogens is 617 g/mol. The second-order valence-corrected chi connectivity index (χ2v) is 13.2. The highest BCUT2D eigenvalue weighted by molar-refractivity contribution is 7.92. The van der Waals surface area contributed by atoms with Gasteiger partial charge in [0.25, 0.3) is 10.0 Å². The lowest BCUT2D eigenvalue weighted by atomic mass is 10.0. The van der Waals surface area contributed by atoms with Gasteiger partial charge in [0.15, 0.2) is 0 Å². The second-order valence-electron chi connectivity index (χ2n) is 10.5. The van der Waals surface area contributed by atoms with Crippen molar-refractivity contribution in [1.82, 2.24) is 10.2 Å². The summed E-state index contributed by atoms with van der Waals surface area (Å²) in [6, 6.07) is 29.9. The molecule has 230 valence electrons. The Morgan fingerprint density at radius 2 is 1.39 bits per heavy atom. The van der Waals surface area contributed by atoms with E-state index in [1.807, 2.05) is 74.5 Å². The molecule has 1 N–H and O–H groups in total. The maximum atomic E-state index is 14.4. The lowest BCUT2D eigenvalue weighted by molar-refractivity contribution is -0.140. The van der Waals surface area contributed by atoms with Gasteiger partial charge in [0.2, 0.25) is 11.8 Å². The van der Waals surface area contributed by atoms with Crippen molar-refractivity contribution in [1.29, 1.82) is 0 Å². The monoisotopic (exact) mass is 651 g/mol. The smallest absolute Gasteiger partial charge is 0.264 e. The summed E-state index contributed by atoms with van der Waals surface area (Å²) in [5.41, 5.74) is 1.74. The van der Waals surface area contributed by atoms with Gasteiger partial charge in [0.05, 0.1) is 15.6 Å². The molecule has 4 aromatic rings. The predicted molar refractivity (Wildman–Crippen MR) is 176 cm³/mol. The number of anilines is 1. The van der Waals surface area contributed by atoms with E-state index in [2.05, 4.69) is 5.32 Å². The first-order valence-corrected chi connectivity index (χ1v) is 16.5. The van der Waals surface area contributed by atoms with Gasteiger partial charge >= 0.3 is 0 Å². The van der Waals surface area contributed by atoms with E-state index in [-0.39, 0.29) is 40.5 Å². The van der Waals surface area contributed by atoms with Crippen LogP contribution in [0.4, 0.5) is 5.69 Å². The number of hydrogen-bond donors (Lipinski definition) is 1. The summed E-state index contributed by atoms with van der Waals surface area (Å²) in [5.74, 6) is -0.894. The second kappa shape index (κ2) is 15.2. The Hall–Kier alpha value is -3.85. The first-order valence-electron chi connectivity index (χ1n) is 14.3. The van der Waals surface area contributed by atoms with Gasteiger partial charge in [0, 0.05) is 24.0 Å². The predicted octanol–water partition coefficient (Wildman–Crippen LogP) is 6.74. The quantitative estimate of drug-likeness (QED) is 0.173. The Bertz CT molecular complexity index is 1660. The zero-order chi connectivity index (χ0) is 31.7. The molecule has 0 fully saturated rings. The normalized spacial score (nSPS) is 12.6. The summed E-state index contributed by atoms with van der Waals surface area (Å²) in [6.07, 6.45) is 0.934. The number of nitrogens with zero attached hydrogens (tertiary/aromatic N) is 2. The molecule has 0 aromatic heterocycles. The lowest BCUT2D eigenvalue weighted by Crippen LogP contribution is -2.54. The Labute approximate surface area is 269 Å². The zero-order valence-corrected chi connectivity index (χ0v) is 26.9. The molecule has 0 aliphatic rings. The summed E-state index contributed by atoms with van der Waals surface area (Å²) < 4.78 is 29.1. The molecule has 4 rings (SSSR count). The van der Waals surface area contributed by atoms with Crippen LogP contribution in [0.25, 0.3) is 0 Å². The fourth-order valence-corrected chi connectivity index (χ4v) is 6.71. The van der Waals surface area contributed by atoms with E-state index in [9.17, 15) is 18.0 Å². The largest absolute Gasteiger partial charge is 0.352 e. The van der Waals surface area contributed by atoms with E-state index in [0.29, 0.717) is 11.4 Å². The molecule has 0 spiro atoms. The van der Waals surface area contributed by atoms with Crippen molar-refractivity contribution in [2.45, 2.75) is 50.2 Å². The van der Waals surface area contributed by atoms with Crippen LogP contribution in [0.2, 0.25) is 10.0 Å². The van der Waals surface area contributed by atoms with Crippen LogP contribution in [-0.2, 0) is 32.6 Å². The molecule has 0 unspecified atom stereocenters. The fraction of sp³-hybridized carbons (Fsp3) is 0.235. The number of halogens is 2. The fourth-order valence-electron chi connectivity index (χ4n) is 4.69. The Morgan fingerprint density at radius 1 is 0.818 bits per heavy atom. The molecule has 0 saturated heterocycles. The third-order valence-electron chi connectivity index (χ3n) is 7.26. The van der Waals surface area contributed by atoms with Crippen LogP contribution in [0.5, 0.6) is 0 Å². The minimum absolute atomic E-state index is 0.0104. The van der Waals surface area contributed by atoms with E-state index in [4.69, 9.17) is 23.2 Å². The topological polar surface area (TPSA) is 86.8 Å². The number of benzene rings is 4. The molecule has 44 heavy (non-hydrogen) atoms. The third kappa shape index (κ3) is 8.40. The highest BCUT2D eigenvalue weighted by atomic mass is 35.5. The van der Waals surface area contributed by atoms with Crippen LogP contribution in [0.1, 0.15) is 31.4 Å². The minimum atomic E-state index is -4.26. The molecule has 0 heterocycles. The first-order chi connectivity index (χ1) is 21.1. The van der Waals surface area contributed by atoms with Gasteiger partial charge < -0.3 is 10.2 Å². The van der Waals surface area contributed by atoms with E-state index < -0.39 is 28.5 Å². The van der Waals surface area contributed by atoms with Crippen molar-refractivity contribution in [2.75, 3.05) is 10.8 Å². The van der Waals surface area contributed by atoms with Crippen LogP contribution in [0.3, 0.4) is 0 Å². The van der Waals surface area contributed by atoms with Crippen LogP contribution in [0.15, 0.2) is 114 Å². The molecule has 0 saturated carbocycles. The maximum absolute atomic E-state index is 14.4. The molecule has 0 radical (unpaired) electrons. The summed E-state index contributed by atoms with van der Waals surface area (Å²) in [6.45, 7) is 3.34. The Balaban J connectivity index is 1.81. The molecule has 10 heteroatoms. The van der Waals surface area contributed by atoms with Gasteiger partial charge in [0.1, 0.15) is 12.6 Å². The van der Waals surface area contributed by atoms with Gasteiger partial charge in [-0.25, -0.2) is 8.42 Å². The number of amides is 2. The Kier molecular flexibility index (Phi) is 11.4. The van der Waals surface area contributed by atoms with Gasteiger partial charge in [-0.3, -0.25) is 13.9 Å². The van der Waals surface area contributed by atoms with Crippen LogP contribution in [0, 0.1) is 0 Å². The van der Waals surface area contributed by atoms with Gasteiger partial charge in [-0.2, -0.15) is 0 Å². The Morgan fingerprint density at radius 3 is 1.95 bits per heavy atom. The van der Waals surface area contributed by atoms with Gasteiger partial charge in [-0.15, -0.1) is 0 Å². The van der Waals surface area contributed by atoms with E-state index in [0.717, 1.165) is 15.4 Å². The van der Waals surface area contributed by atoms with E-state index in [1.165, 1.54) is 35.2 Å². The van der Waals surface area contributed by atoms with Crippen LogP contribution < -0.4 is 9.62 Å². The van der Waals surface area contributed by atoms with Crippen molar-refractivity contribution in [3.8, 4) is 0 Å². The van der Waals surface area contributed by atoms with Crippen molar-refractivity contribution < 1.29 is 18.0 Å². The molecule has 0 aliphatic heterocycles. The van der Waals surface area contributed by atoms with Crippen molar-refractivity contribution in [2.24, 2.45) is 0 Å². The molecule has 2 atom stereocenters. The summed E-state index contributed by atoms with van der Waals surface area (Å²) >= 11 is 12.7. The zero-order valence-electron chi connectivity index (χ0n) is 24.6. The van der Waals surface area contributed by atoms with Crippen LogP contribution >= 0.6 is 23.2 Å². The average Bonchev–Trinajstić information content (AvgIpc) is 3.03. The minimum Gasteiger partial charge on any atom is -0.352 e. The maximum Gasteiger partial charge on any atom is 0.264 e. The van der Waals surface area contributed by atoms with Crippen molar-refractivity contribution >= 4 is 50.7 Å². The average molecular weight is 653 g/mol. The molecule has 0 aliphatic carbocycles. The van der Waals surface area contributed by atoms with E-state index >= 15 is 0 Å². The lowest BCUT2D eigenvalue weighted by Gasteiger charge is -2.34. The molecule has 0 bridgehead atoms. The number of hydrogen-bond acceptors (Lipinski definition) is 4. The third-order valence-corrected chi connectivity index (χ3v) is 9.57. The summed E-state index contributed by atoms with van der Waals surface area (Å²) in [5, 5.41) is 3.41. The van der Waals surface area contributed by atoms with E-state index in [1.54, 1.807) is 18.2 Å². The number of carbonyl (C=O) groups excluding carboxylic acids is 2. The number of nitrogens with one attached hydrogen (secondary N) is 1. The van der Waals surface area contributed by atoms with Gasteiger partial charge in [-0.1, -0.05) is 109 Å². The molecule has 7 nitrogen and oxygen atoms in total. The number of rotatable bonds is 13. The van der Waals surface area contributed by atoms with Crippen LogP contribution in [-0.4, -0.2) is 43.8 Å². The van der Waals surface area contributed by atoms with Gasteiger partial charge in [-0.05, 0) is 54.8 Å². The molecule has 4 aromatic carbocycles. The molecule has 2 amide bonds. The van der Waals surface area contributed by atoms with Crippen molar-refractivity contribution in [3.63, 3.8) is 0 Å².